The van der Waals surface area contributed by atoms with E-state index in [4.69, 9.17) is 4.74 Å². The van der Waals surface area contributed by atoms with Crippen molar-refractivity contribution in [2.75, 3.05) is 0 Å². The summed E-state index contributed by atoms with van der Waals surface area (Å²) in [6.07, 6.45) is 15.3. The third kappa shape index (κ3) is 3.26. The van der Waals surface area contributed by atoms with Crippen LogP contribution in [-0.2, 0) is 16.6 Å². The zero-order valence-corrected chi connectivity index (χ0v) is 25.8. The van der Waals surface area contributed by atoms with Crippen LogP contribution in [0, 0.1) is 45.3 Å². The van der Waals surface area contributed by atoms with Gasteiger partial charge in [-0.1, -0.05) is 48.0 Å². The number of phenols is 2. The molecule has 5 fully saturated rings. The molecule has 0 aromatic heterocycles. The molecule has 3 heteroatoms. The van der Waals surface area contributed by atoms with Gasteiger partial charge in [-0.15, -0.1) is 0 Å². The van der Waals surface area contributed by atoms with E-state index in [0.717, 1.165) is 35.8 Å². The molecule has 5 aliphatic carbocycles. The molecule has 6 aliphatic rings. The molecule has 0 spiro atoms. The van der Waals surface area contributed by atoms with Crippen LogP contribution in [0.5, 0.6) is 11.5 Å². The molecule has 216 valence electrons. The first-order valence-electron chi connectivity index (χ1n) is 16.4. The average molecular weight is 535 g/mol. The fourth-order valence-electron chi connectivity index (χ4n) is 12.9. The minimum absolute atomic E-state index is 0.0342. The van der Waals surface area contributed by atoms with E-state index in [1.165, 1.54) is 64.2 Å². The number of ether oxygens (including phenoxy) is 1. The van der Waals surface area contributed by atoms with Gasteiger partial charge in [0.15, 0.2) is 0 Å². The van der Waals surface area contributed by atoms with Crippen LogP contribution in [0.4, 0.5) is 0 Å². The molecule has 1 heterocycles. The first-order chi connectivity index (χ1) is 18.2. The van der Waals surface area contributed by atoms with Crippen molar-refractivity contribution in [1.29, 1.82) is 0 Å². The number of aromatic hydroxyl groups is 2. The molecule has 0 bridgehead atoms. The molecule has 3 nitrogen and oxygen atoms in total. The summed E-state index contributed by atoms with van der Waals surface area (Å²) < 4.78 is 7.36. The molecular formula is C36H54O3. The molecule has 39 heavy (non-hydrogen) atoms. The zero-order chi connectivity index (χ0) is 27.8. The number of phenolic OH excluding ortho intramolecular Hbond substituents is 2. The second-order valence-electron chi connectivity index (χ2n) is 17.2. The Morgan fingerprint density at radius 3 is 2.23 bits per heavy atom. The summed E-state index contributed by atoms with van der Waals surface area (Å²) in [5.74, 6) is 3.40. The Morgan fingerprint density at radius 1 is 0.744 bits per heavy atom. The fraction of sp³-hybridized carbons (Fsp3) is 0.833. The summed E-state index contributed by atoms with van der Waals surface area (Å²) in [6.45, 7) is 17.8. The normalized spacial score (nSPS) is 51.8. The van der Waals surface area contributed by atoms with Crippen LogP contribution < -0.4 is 0 Å². The quantitative estimate of drug-likeness (QED) is 0.354. The molecule has 4 saturated carbocycles. The summed E-state index contributed by atoms with van der Waals surface area (Å²) >= 11 is 0. The lowest BCUT2D eigenvalue weighted by Gasteiger charge is -2.52. The minimum atomic E-state index is -0.0391. The van der Waals surface area contributed by atoms with Crippen LogP contribution in [0.2, 0.25) is 0 Å². The molecule has 0 radical (unpaired) electrons. The molecule has 5 unspecified atom stereocenters. The van der Waals surface area contributed by atoms with Gasteiger partial charge >= 0.3 is 0 Å². The van der Waals surface area contributed by atoms with Crippen molar-refractivity contribution in [3.8, 4) is 11.5 Å². The highest BCUT2D eigenvalue weighted by atomic mass is 16.5. The molecule has 1 aliphatic heterocycles. The maximum atomic E-state index is 11.0. The zero-order valence-electron chi connectivity index (χ0n) is 25.8. The number of benzene rings is 1. The van der Waals surface area contributed by atoms with Crippen LogP contribution in [-0.4, -0.2) is 21.9 Å². The number of hydrogen-bond acceptors (Lipinski definition) is 3. The van der Waals surface area contributed by atoms with Gasteiger partial charge in [0.2, 0.25) is 0 Å². The van der Waals surface area contributed by atoms with Crippen LogP contribution in [0.3, 0.4) is 0 Å². The van der Waals surface area contributed by atoms with Gasteiger partial charge in [-0.05, 0) is 135 Å². The predicted molar refractivity (Wildman–Crippen MR) is 157 cm³/mol. The lowest BCUT2D eigenvalue weighted by atomic mass is 9.52. The lowest BCUT2D eigenvalue weighted by Crippen LogP contribution is -2.50. The van der Waals surface area contributed by atoms with Gasteiger partial charge in [-0.2, -0.15) is 0 Å². The molecule has 10 atom stereocenters. The van der Waals surface area contributed by atoms with Gasteiger partial charge in [0.1, 0.15) is 11.5 Å². The van der Waals surface area contributed by atoms with Crippen LogP contribution >= 0.6 is 0 Å². The second kappa shape index (κ2) is 7.99. The van der Waals surface area contributed by atoms with Gasteiger partial charge < -0.3 is 14.9 Å². The van der Waals surface area contributed by atoms with Crippen molar-refractivity contribution in [3.05, 3.63) is 23.3 Å². The average Bonchev–Trinajstić information content (AvgIpc) is 3.43. The molecule has 7 rings (SSSR count). The summed E-state index contributed by atoms with van der Waals surface area (Å²) in [4.78, 5) is 0. The minimum Gasteiger partial charge on any atom is -0.508 e. The Hall–Kier alpha value is -1.22. The molecule has 1 aromatic carbocycles. The number of fused-ring (bicyclic) bond motifs is 7. The Kier molecular flexibility index (Phi) is 5.46. The van der Waals surface area contributed by atoms with E-state index in [0.29, 0.717) is 40.3 Å². The van der Waals surface area contributed by atoms with Crippen molar-refractivity contribution in [1.82, 2.24) is 0 Å². The van der Waals surface area contributed by atoms with Crippen LogP contribution in [0.25, 0.3) is 0 Å². The summed E-state index contributed by atoms with van der Waals surface area (Å²) in [7, 11) is 0. The standard InChI is InChI=1S/C36H54O3/c1-31(2)14-8-15-36(7)27(31)12-17-35(6)29(39-36)13-18-34(35,5)23-19-22-11-16-32(3)28(33(22,4)21-23)20-24-25(37)9-10-26(38)30(24)32/h9-10,22-23,27-29,37-38H,8,11-21H2,1-7H3/t22?,23?,27?,28?,29?,32-,33+,34+,35+,36-/m0/s1. The molecule has 0 amide bonds. The first kappa shape index (κ1) is 26.7. The highest BCUT2D eigenvalue weighted by Crippen LogP contribution is 2.73. The van der Waals surface area contributed by atoms with Crippen LogP contribution in [0.1, 0.15) is 130 Å². The van der Waals surface area contributed by atoms with E-state index in [1.54, 1.807) is 12.1 Å². The topological polar surface area (TPSA) is 49.7 Å². The summed E-state index contributed by atoms with van der Waals surface area (Å²) in [5.41, 5.74) is 3.24. The first-order valence-corrected chi connectivity index (χ1v) is 16.4. The Labute approximate surface area is 237 Å². The summed E-state index contributed by atoms with van der Waals surface area (Å²) in [6, 6.07) is 3.43. The third-order valence-electron chi connectivity index (χ3n) is 15.4. The molecular weight excluding hydrogens is 480 g/mol. The van der Waals surface area contributed by atoms with Crippen molar-refractivity contribution in [2.45, 2.75) is 143 Å². The Bertz CT molecular complexity index is 1190. The van der Waals surface area contributed by atoms with E-state index in [-0.39, 0.29) is 21.8 Å². The lowest BCUT2D eigenvalue weighted by molar-refractivity contribution is -0.177. The number of hydrogen-bond donors (Lipinski definition) is 2. The maximum absolute atomic E-state index is 11.0. The molecule has 1 saturated heterocycles. The van der Waals surface area contributed by atoms with Crippen molar-refractivity contribution >= 4 is 0 Å². The van der Waals surface area contributed by atoms with E-state index in [2.05, 4.69) is 48.5 Å². The van der Waals surface area contributed by atoms with Gasteiger partial charge in [0.25, 0.3) is 0 Å². The fourth-order valence-corrected chi connectivity index (χ4v) is 12.9. The third-order valence-corrected chi connectivity index (χ3v) is 15.4. The highest BCUT2D eigenvalue weighted by molar-refractivity contribution is 5.56. The Morgan fingerprint density at radius 2 is 1.46 bits per heavy atom. The SMILES string of the molecule is CC1(C)CCC[C@]2(C)OC3CC[C@](C)(C4CC5CC[C@]6(C)c7c(O)ccc(O)c7CC6[C@]5(C)C4)[C@]3(C)CCC12. The second-order valence-corrected chi connectivity index (χ2v) is 17.2. The van der Waals surface area contributed by atoms with Crippen molar-refractivity contribution in [2.24, 2.45) is 45.3 Å². The van der Waals surface area contributed by atoms with E-state index in [9.17, 15) is 10.2 Å². The van der Waals surface area contributed by atoms with Gasteiger partial charge in [0, 0.05) is 16.5 Å². The van der Waals surface area contributed by atoms with Crippen molar-refractivity contribution in [3.63, 3.8) is 0 Å². The van der Waals surface area contributed by atoms with Crippen molar-refractivity contribution < 1.29 is 14.9 Å². The number of rotatable bonds is 1. The Balaban J connectivity index is 1.21. The van der Waals surface area contributed by atoms with Crippen LogP contribution in [0.15, 0.2) is 12.1 Å². The maximum Gasteiger partial charge on any atom is 0.119 e. The smallest absolute Gasteiger partial charge is 0.119 e. The van der Waals surface area contributed by atoms with Gasteiger partial charge in [-0.25, -0.2) is 0 Å². The van der Waals surface area contributed by atoms with Gasteiger partial charge in [-0.3, -0.25) is 0 Å². The largest absolute Gasteiger partial charge is 0.508 e. The van der Waals surface area contributed by atoms with Gasteiger partial charge in [0.05, 0.1) is 11.7 Å². The van der Waals surface area contributed by atoms with E-state index < -0.39 is 0 Å². The summed E-state index contributed by atoms with van der Waals surface area (Å²) in [5, 5.41) is 21.8. The molecule has 2 N–H and O–H groups in total. The highest BCUT2D eigenvalue weighted by Gasteiger charge is 2.68. The monoisotopic (exact) mass is 534 g/mol. The molecule has 1 aromatic rings. The predicted octanol–water partition coefficient (Wildman–Crippen LogP) is 8.92. The van der Waals surface area contributed by atoms with E-state index in [1.807, 2.05) is 0 Å². The van der Waals surface area contributed by atoms with E-state index >= 15 is 0 Å².